The van der Waals surface area contributed by atoms with Crippen molar-refractivity contribution in [3.8, 4) is 0 Å². The molecule has 4 aliphatic rings. The molecule has 4 fully saturated rings. The molecular formula is C18H29N5OS. The maximum absolute atomic E-state index is 13.7. The molecule has 0 spiro atoms. The highest BCUT2D eigenvalue weighted by molar-refractivity contribution is 7.98. The van der Waals surface area contributed by atoms with Crippen molar-refractivity contribution in [2.75, 3.05) is 49.9 Å². The van der Waals surface area contributed by atoms with Gasteiger partial charge in [0, 0.05) is 53.4 Å². The van der Waals surface area contributed by atoms with Gasteiger partial charge in [-0.25, -0.2) is 4.31 Å². The van der Waals surface area contributed by atoms with E-state index in [9.17, 15) is 4.21 Å². The van der Waals surface area contributed by atoms with Gasteiger partial charge in [0.1, 0.15) is 0 Å². The molecule has 0 amide bonds. The summed E-state index contributed by atoms with van der Waals surface area (Å²) in [5.74, 6) is 4.27. The quantitative estimate of drug-likeness (QED) is 0.813. The molecule has 4 aliphatic heterocycles. The molecular weight excluding hydrogens is 334 g/mol. The second-order valence-corrected chi connectivity index (χ2v) is 10.0. The van der Waals surface area contributed by atoms with Crippen LogP contribution in [0, 0.1) is 0 Å². The lowest BCUT2D eigenvalue weighted by atomic mass is 10.1. The summed E-state index contributed by atoms with van der Waals surface area (Å²) >= 11 is 0. The van der Waals surface area contributed by atoms with E-state index in [1.54, 1.807) is 12.4 Å². The Morgan fingerprint density at radius 1 is 1.08 bits per heavy atom. The summed E-state index contributed by atoms with van der Waals surface area (Å²) in [4.78, 5) is 8.86. The fraction of sp³-hybridized carbons (Fsp3) is 0.667. The zero-order valence-electron chi connectivity index (χ0n) is 14.8. The van der Waals surface area contributed by atoms with E-state index in [1.807, 2.05) is 6.07 Å². The fourth-order valence-corrected chi connectivity index (χ4v) is 7.04. The van der Waals surface area contributed by atoms with E-state index in [1.165, 1.54) is 0 Å². The monoisotopic (exact) mass is 363 g/mol. The number of piperidine rings is 2. The summed E-state index contributed by atoms with van der Waals surface area (Å²) in [6, 6.07) is 2.43. The molecule has 0 aliphatic carbocycles. The number of rotatable bonds is 3. The van der Waals surface area contributed by atoms with E-state index >= 15 is 0 Å². The minimum atomic E-state index is -2.22. The van der Waals surface area contributed by atoms with Crippen molar-refractivity contribution >= 4 is 27.0 Å². The lowest BCUT2D eigenvalue weighted by molar-refractivity contribution is 0.234. The predicted molar refractivity (Wildman–Crippen MR) is 105 cm³/mol. The van der Waals surface area contributed by atoms with Gasteiger partial charge in [0.05, 0.1) is 17.6 Å². The van der Waals surface area contributed by atoms with Crippen molar-refractivity contribution in [1.29, 1.82) is 0 Å². The van der Waals surface area contributed by atoms with E-state index < -0.39 is 9.71 Å². The summed E-state index contributed by atoms with van der Waals surface area (Å²) in [5, 5.41) is 0.180. The van der Waals surface area contributed by atoms with Crippen LogP contribution in [0.3, 0.4) is 0 Å². The molecule has 7 heteroatoms. The van der Waals surface area contributed by atoms with E-state index in [0.717, 1.165) is 76.3 Å². The van der Waals surface area contributed by atoms with Gasteiger partial charge in [0.2, 0.25) is 0 Å². The average molecular weight is 364 g/mol. The van der Waals surface area contributed by atoms with Crippen LogP contribution in [0.5, 0.6) is 0 Å². The van der Waals surface area contributed by atoms with Gasteiger partial charge in [0.25, 0.3) is 0 Å². The van der Waals surface area contributed by atoms with Crippen molar-refractivity contribution in [2.45, 2.75) is 37.0 Å². The molecule has 1 aromatic rings. The summed E-state index contributed by atoms with van der Waals surface area (Å²) in [6.45, 7) is 6.01. The molecule has 6 nitrogen and oxygen atoms in total. The Morgan fingerprint density at radius 2 is 1.80 bits per heavy atom. The molecule has 2 bridgehead atoms. The van der Waals surface area contributed by atoms with Gasteiger partial charge < -0.3 is 15.5 Å². The normalized spacial score (nSPS) is 30.8. The van der Waals surface area contributed by atoms with Crippen LogP contribution in [0.1, 0.15) is 25.7 Å². The summed E-state index contributed by atoms with van der Waals surface area (Å²) in [6.07, 6.45) is 7.59. The molecule has 1 aromatic heterocycles. The Morgan fingerprint density at radius 3 is 2.48 bits per heavy atom. The number of nitrogens with zero attached hydrogens (tertiary/aromatic N) is 4. The highest BCUT2D eigenvalue weighted by Gasteiger charge is 2.37. The molecule has 2 N–H and O–H groups in total. The Bertz CT molecular complexity index is 706. The summed E-state index contributed by atoms with van der Waals surface area (Å²) in [7, 11) is -2.22. The van der Waals surface area contributed by atoms with Gasteiger partial charge in [-0.1, -0.05) is 0 Å². The second-order valence-electron chi connectivity index (χ2n) is 7.52. The Kier molecular flexibility index (Phi) is 4.64. The fourth-order valence-electron chi connectivity index (χ4n) is 4.60. The highest BCUT2D eigenvalue weighted by atomic mass is 32.2. The average Bonchev–Trinajstić information content (AvgIpc) is 2.97. The van der Waals surface area contributed by atoms with Crippen molar-refractivity contribution in [3.63, 3.8) is 0 Å². The number of hydrogen-bond acceptors (Lipinski definition) is 5. The summed E-state index contributed by atoms with van der Waals surface area (Å²) in [5.41, 5.74) is 7.83. The zero-order chi connectivity index (χ0) is 17.4. The van der Waals surface area contributed by atoms with Gasteiger partial charge in [-0.15, -0.1) is 0 Å². The van der Waals surface area contributed by atoms with E-state index in [0.29, 0.717) is 6.04 Å². The number of nitrogens with two attached hydrogens (primary N) is 1. The van der Waals surface area contributed by atoms with Gasteiger partial charge >= 0.3 is 0 Å². The van der Waals surface area contributed by atoms with Crippen molar-refractivity contribution in [2.24, 2.45) is 0 Å². The van der Waals surface area contributed by atoms with Crippen LogP contribution >= 0.6 is 0 Å². The molecule has 4 saturated heterocycles. The van der Waals surface area contributed by atoms with Crippen LogP contribution in [0.15, 0.2) is 18.5 Å². The first-order valence-electron chi connectivity index (χ1n) is 9.35. The first-order chi connectivity index (χ1) is 12.1. The van der Waals surface area contributed by atoms with Gasteiger partial charge in [0.15, 0.2) is 0 Å². The Balaban J connectivity index is 1.45. The molecule has 0 saturated carbocycles. The van der Waals surface area contributed by atoms with Crippen molar-refractivity contribution in [3.05, 3.63) is 18.5 Å². The topological polar surface area (TPSA) is 65.7 Å². The first kappa shape index (κ1) is 17.1. The largest absolute Gasteiger partial charge is 0.396 e. The van der Waals surface area contributed by atoms with Gasteiger partial charge in [-0.3, -0.25) is 9.19 Å². The molecule has 5 rings (SSSR count). The zero-order valence-corrected chi connectivity index (χ0v) is 15.7. The SMILES string of the molecule is C=S(=O)(C1CCN(c2ccncc2N)CC1)N1CCN2CCC1CC2. The van der Waals surface area contributed by atoms with Crippen LogP contribution in [-0.4, -0.2) is 74.8 Å². The molecule has 25 heavy (non-hydrogen) atoms. The van der Waals surface area contributed by atoms with Crippen LogP contribution < -0.4 is 10.6 Å². The minimum absolute atomic E-state index is 0.180. The number of aromatic nitrogens is 1. The smallest absolute Gasteiger partial charge is 0.0738 e. The van der Waals surface area contributed by atoms with Gasteiger partial charge in [-0.05, 0) is 50.7 Å². The van der Waals surface area contributed by atoms with Crippen molar-refractivity contribution in [1.82, 2.24) is 14.2 Å². The molecule has 1 unspecified atom stereocenters. The maximum Gasteiger partial charge on any atom is 0.0738 e. The molecule has 138 valence electrons. The molecule has 0 radical (unpaired) electrons. The molecule has 1 atom stereocenters. The van der Waals surface area contributed by atoms with E-state index in [2.05, 4.69) is 25.0 Å². The number of nitrogen functional groups attached to an aromatic ring is 1. The predicted octanol–water partition coefficient (Wildman–Crippen LogP) is 1.04. The van der Waals surface area contributed by atoms with Crippen LogP contribution in [0.2, 0.25) is 0 Å². The number of fused-ring (bicyclic) bond motifs is 4. The number of hydrogen-bond donors (Lipinski definition) is 1. The van der Waals surface area contributed by atoms with Crippen LogP contribution in [0.4, 0.5) is 11.4 Å². The number of pyridine rings is 1. The third-order valence-corrected chi connectivity index (χ3v) is 8.92. The van der Waals surface area contributed by atoms with Gasteiger partial charge in [-0.2, -0.15) is 0 Å². The Hall–Kier alpha value is -1.31. The molecule has 5 heterocycles. The second kappa shape index (κ2) is 6.78. The third-order valence-electron chi connectivity index (χ3n) is 6.13. The first-order valence-corrected chi connectivity index (χ1v) is 11.1. The Labute approximate surface area is 151 Å². The lowest BCUT2D eigenvalue weighted by Gasteiger charge is -2.40. The van der Waals surface area contributed by atoms with Crippen LogP contribution in [-0.2, 0) is 9.71 Å². The van der Waals surface area contributed by atoms with Crippen LogP contribution in [0.25, 0.3) is 0 Å². The minimum Gasteiger partial charge on any atom is -0.396 e. The maximum atomic E-state index is 13.7. The van der Waals surface area contributed by atoms with Crippen molar-refractivity contribution < 1.29 is 4.21 Å². The standard InChI is InChI=1S/C18H29N5OS/c1-25(24,23-13-12-21-8-3-15(23)4-9-21)16-5-10-22(11-6-16)18-2-7-20-14-17(18)19/h2,7,14-16H,1,3-6,8-13,19H2. The highest BCUT2D eigenvalue weighted by Crippen LogP contribution is 2.31. The van der Waals surface area contributed by atoms with E-state index in [4.69, 9.17) is 5.73 Å². The summed E-state index contributed by atoms with van der Waals surface area (Å²) < 4.78 is 16.0. The third kappa shape index (κ3) is 3.25. The lowest BCUT2D eigenvalue weighted by Crippen LogP contribution is -2.49. The number of anilines is 2. The molecule has 0 aromatic carbocycles. The van der Waals surface area contributed by atoms with E-state index in [-0.39, 0.29) is 5.25 Å².